The quantitative estimate of drug-likeness (QED) is 0.782. The minimum atomic E-state index is -0.208. The smallest absolute Gasteiger partial charge is 0.254 e. The summed E-state index contributed by atoms with van der Waals surface area (Å²) in [6, 6.07) is 5.18. The first-order valence-electron chi connectivity index (χ1n) is 8.25. The van der Waals surface area contributed by atoms with E-state index in [1.165, 1.54) is 12.4 Å². The normalized spacial score (nSPS) is 14.8. The summed E-state index contributed by atoms with van der Waals surface area (Å²) in [5.41, 5.74) is 0.918. The van der Waals surface area contributed by atoms with E-state index in [1.54, 1.807) is 18.2 Å². The molecule has 1 aliphatic rings. The Morgan fingerprint density at radius 2 is 1.81 bits per heavy atom. The largest absolute Gasteiger partial charge is 0.379 e. The summed E-state index contributed by atoms with van der Waals surface area (Å²) in [6.45, 7) is 4.62. The second kappa shape index (κ2) is 9.14. The van der Waals surface area contributed by atoms with E-state index >= 15 is 0 Å². The van der Waals surface area contributed by atoms with Crippen molar-refractivity contribution < 1.29 is 9.53 Å². The first kappa shape index (κ1) is 18.8. The lowest BCUT2D eigenvalue weighted by Crippen LogP contribution is -2.41. The van der Waals surface area contributed by atoms with Crippen LogP contribution in [-0.2, 0) is 4.74 Å². The Labute approximate surface area is 161 Å². The van der Waals surface area contributed by atoms with Gasteiger partial charge in [0.25, 0.3) is 5.91 Å². The number of hydrogen-bond donors (Lipinski definition) is 2. The van der Waals surface area contributed by atoms with Gasteiger partial charge in [-0.1, -0.05) is 29.3 Å². The van der Waals surface area contributed by atoms with Crippen LogP contribution in [0.3, 0.4) is 0 Å². The summed E-state index contributed by atoms with van der Waals surface area (Å²) < 4.78 is 5.30. The van der Waals surface area contributed by atoms with Gasteiger partial charge in [0.1, 0.15) is 0 Å². The van der Waals surface area contributed by atoms with E-state index in [0.717, 1.165) is 32.8 Å². The number of hydrogen-bond acceptors (Lipinski definition) is 6. The average Bonchev–Trinajstić information content (AvgIpc) is 2.66. The fraction of sp³-hybridized carbons (Fsp3) is 0.353. The third-order valence-electron chi connectivity index (χ3n) is 3.93. The molecular weight excluding hydrogens is 377 g/mol. The van der Waals surface area contributed by atoms with Gasteiger partial charge in [-0.15, -0.1) is 0 Å². The predicted molar refractivity (Wildman–Crippen MR) is 101 cm³/mol. The van der Waals surface area contributed by atoms with Crippen LogP contribution >= 0.6 is 23.2 Å². The highest BCUT2D eigenvalue weighted by molar-refractivity contribution is 6.39. The SMILES string of the molecule is O=C(NCCN1CCOCC1)c1cnc(Nc2c(Cl)cccc2Cl)nc1. The van der Waals surface area contributed by atoms with Crippen molar-refractivity contribution in [2.75, 3.05) is 44.7 Å². The molecule has 9 heteroatoms. The standard InChI is InChI=1S/C17H19Cl2N5O2/c18-13-2-1-3-14(19)15(13)23-17-21-10-12(11-22-17)16(25)20-4-5-24-6-8-26-9-7-24/h1-3,10-11H,4-9H2,(H,20,25)(H,21,22,23). The lowest BCUT2D eigenvalue weighted by molar-refractivity contribution is 0.0383. The van der Waals surface area contributed by atoms with Gasteiger partial charge >= 0.3 is 0 Å². The third-order valence-corrected chi connectivity index (χ3v) is 4.56. The van der Waals surface area contributed by atoms with E-state index in [9.17, 15) is 4.79 Å². The van der Waals surface area contributed by atoms with Crippen LogP contribution in [0.2, 0.25) is 10.0 Å². The molecule has 0 spiro atoms. The predicted octanol–water partition coefficient (Wildman–Crippen LogP) is 2.59. The molecule has 0 radical (unpaired) electrons. The fourth-order valence-corrected chi connectivity index (χ4v) is 2.99. The van der Waals surface area contributed by atoms with Crippen LogP contribution in [0.5, 0.6) is 0 Å². The maximum absolute atomic E-state index is 12.2. The number of benzene rings is 1. The second-order valence-electron chi connectivity index (χ2n) is 5.73. The number of nitrogens with one attached hydrogen (secondary N) is 2. The molecule has 0 saturated carbocycles. The van der Waals surface area contributed by atoms with Gasteiger partial charge in [-0.2, -0.15) is 0 Å². The van der Waals surface area contributed by atoms with Gasteiger partial charge in [0.15, 0.2) is 0 Å². The Bertz CT molecular complexity index is 731. The highest BCUT2D eigenvalue weighted by atomic mass is 35.5. The van der Waals surface area contributed by atoms with E-state index in [2.05, 4.69) is 25.5 Å². The molecule has 0 atom stereocenters. The molecule has 2 aromatic rings. The van der Waals surface area contributed by atoms with Crippen LogP contribution in [0.15, 0.2) is 30.6 Å². The number of carbonyl (C=O) groups excluding carboxylic acids is 1. The van der Waals surface area contributed by atoms with E-state index in [4.69, 9.17) is 27.9 Å². The zero-order chi connectivity index (χ0) is 18.4. The first-order chi connectivity index (χ1) is 12.6. The Morgan fingerprint density at radius 3 is 2.46 bits per heavy atom. The monoisotopic (exact) mass is 395 g/mol. The summed E-state index contributed by atoms with van der Waals surface area (Å²) in [4.78, 5) is 22.7. The summed E-state index contributed by atoms with van der Waals surface area (Å²) >= 11 is 12.2. The zero-order valence-corrected chi connectivity index (χ0v) is 15.6. The molecule has 2 N–H and O–H groups in total. The van der Waals surface area contributed by atoms with Crippen LogP contribution in [0, 0.1) is 0 Å². The second-order valence-corrected chi connectivity index (χ2v) is 6.54. The number of ether oxygens (including phenoxy) is 1. The van der Waals surface area contributed by atoms with E-state index in [1.807, 2.05) is 0 Å². The molecule has 0 bridgehead atoms. The molecule has 3 rings (SSSR count). The Morgan fingerprint density at radius 1 is 1.15 bits per heavy atom. The molecule has 26 heavy (non-hydrogen) atoms. The molecule has 1 saturated heterocycles. The van der Waals surface area contributed by atoms with Crippen molar-refractivity contribution in [3.8, 4) is 0 Å². The molecule has 0 unspecified atom stereocenters. The fourth-order valence-electron chi connectivity index (χ4n) is 2.49. The van der Waals surface area contributed by atoms with Crippen molar-refractivity contribution in [1.29, 1.82) is 0 Å². The van der Waals surface area contributed by atoms with E-state index in [0.29, 0.717) is 33.8 Å². The zero-order valence-electron chi connectivity index (χ0n) is 14.0. The number of morpholine rings is 1. The number of carbonyl (C=O) groups is 1. The van der Waals surface area contributed by atoms with Gasteiger partial charge in [0.05, 0.1) is 34.5 Å². The van der Waals surface area contributed by atoms with E-state index in [-0.39, 0.29) is 5.91 Å². The highest BCUT2D eigenvalue weighted by Crippen LogP contribution is 2.31. The molecule has 1 amide bonds. The molecule has 1 aliphatic heterocycles. The van der Waals surface area contributed by atoms with Crippen LogP contribution in [0.4, 0.5) is 11.6 Å². The van der Waals surface area contributed by atoms with Crippen LogP contribution in [-0.4, -0.2) is 60.2 Å². The van der Waals surface area contributed by atoms with Crippen LogP contribution < -0.4 is 10.6 Å². The maximum Gasteiger partial charge on any atom is 0.254 e. The number of amides is 1. The van der Waals surface area contributed by atoms with Gasteiger partial charge in [0.2, 0.25) is 5.95 Å². The lowest BCUT2D eigenvalue weighted by Gasteiger charge is -2.26. The number of para-hydroxylation sites is 1. The van der Waals surface area contributed by atoms with Crippen molar-refractivity contribution in [1.82, 2.24) is 20.2 Å². The third kappa shape index (κ3) is 5.04. The van der Waals surface area contributed by atoms with E-state index < -0.39 is 0 Å². The van der Waals surface area contributed by atoms with Gasteiger partial charge in [0, 0.05) is 38.6 Å². The minimum absolute atomic E-state index is 0.208. The van der Waals surface area contributed by atoms with Crippen molar-refractivity contribution in [2.45, 2.75) is 0 Å². The van der Waals surface area contributed by atoms with Crippen molar-refractivity contribution in [3.05, 3.63) is 46.2 Å². The number of anilines is 2. The molecule has 1 aromatic heterocycles. The van der Waals surface area contributed by atoms with Gasteiger partial charge in [-0.25, -0.2) is 9.97 Å². The topological polar surface area (TPSA) is 79.4 Å². The Hall–Kier alpha value is -1.93. The Balaban J connectivity index is 1.52. The van der Waals surface area contributed by atoms with Crippen molar-refractivity contribution in [3.63, 3.8) is 0 Å². The van der Waals surface area contributed by atoms with Crippen LogP contribution in [0.25, 0.3) is 0 Å². The molecule has 1 aromatic carbocycles. The summed E-state index contributed by atoms with van der Waals surface area (Å²) in [5, 5.41) is 6.75. The molecule has 1 fully saturated rings. The van der Waals surface area contributed by atoms with Crippen molar-refractivity contribution in [2.24, 2.45) is 0 Å². The lowest BCUT2D eigenvalue weighted by atomic mass is 10.3. The molecule has 2 heterocycles. The Kier molecular flexibility index (Phi) is 6.62. The highest BCUT2D eigenvalue weighted by Gasteiger charge is 2.12. The molecular formula is C17H19Cl2N5O2. The minimum Gasteiger partial charge on any atom is -0.379 e. The summed E-state index contributed by atoms with van der Waals surface area (Å²) in [7, 11) is 0. The van der Waals surface area contributed by atoms with Gasteiger partial charge in [-0.05, 0) is 12.1 Å². The summed E-state index contributed by atoms with van der Waals surface area (Å²) in [6.07, 6.45) is 2.92. The number of halogens is 2. The number of rotatable bonds is 6. The summed E-state index contributed by atoms with van der Waals surface area (Å²) in [5.74, 6) is 0.102. The molecule has 0 aliphatic carbocycles. The molecule has 7 nitrogen and oxygen atoms in total. The van der Waals surface area contributed by atoms with Crippen LogP contribution in [0.1, 0.15) is 10.4 Å². The van der Waals surface area contributed by atoms with Gasteiger partial charge in [-0.3, -0.25) is 9.69 Å². The average molecular weight is 396 g/mol. The first-order valence-corrected chi connectivity index (χ1v) is 9.00. The molecule has 138 valence electrons. The van der Waals surface area contributed by atoms with Crippen molar-refractivity contribution >= 4 is 40.7 Å². The van der Waals surface area contributed by atoms with Gasteiger partial charge < -0.3 is 15.4 Å². The maximum atomic E-state index is 12.2. The number of nitrogens with zero attached hydrogens (tertiary/aromatic N) is 3. The number of aromatic nitrogens is 2.